The fourth-order valence-corrected chi connectivity index (χ4v) is 2.42. The van der Waals surface area contributed by atoms with E-state index in [1.165, 1.54) is 6.07 Å². The topological polar surface area (TPSA) is 55.1 Å². The summed E-state index contributed by atoms with van der Waals surface area (Å²) in [7, 11) is 0. The molecule has 0 aliphatic rings. The number of anilines is 1. The van der Waals surface area contributed by atoms with Crippen molar-refractivity contribution < 1.29 is 18.0 Å². The van der Waals surface area contributed by atoms with Gasteiger partial charge in [-0.1, -0.05) is 44.2 Å². The number of alkyl halides is 3. The first-order valence-corrected chi connectivity index (χ1v) is 7.87. The van der Waals surface area contributed by atoms with E-state index in [1.54, 1.807) is 44.2 Å². The Bertz CT molecular complexity index is 743. The van der Waals surface area contributed by atoms with Gasteiger partial charge in [0.15, 0.2) is 0 Å². The van der Waals surface area contributed by atoms with Gasteiger partial charge in [-0.3, -0.25) is 4.79 Å². The average Bonchev–Trinajstić information content (AvgIpc) is 2.55. The van der Waals surface area contributed by atoms with E-state index in [1.807, 2.05) is 0 Å². The van der Waals surface area contributed by atoms with Crippen molar-refractivity contribution in [1.29, 1.82) is 0 Å². The molecule has 0 unspecified atom stereocenters. The Kier molecular flexibility index (Phi) is 7.09. The van der Waals surface area contributed by atoms with Gasteiger partial charge in [-0.05, 0) is 29.3 Å². The quantitative estimate of drug-likeness (QED) is 0.751. The molecule has 2 aromatic carbocycles. The molecule has 0 heterocycles. The zero-order chi connectivity index (χ0) is 18.7. The van der Waals surface area contributed by atoms with Crippen LogP contribution in [-0.4, -0.2) is 12.5 Å². The Morgan fingerprint density at radius 1 is 1.04 bits per heavy atom. The molecule has 3 N–H and O–H groups in total. The van der Waals surface area contributed by atoms with Gasteiger partial charge >= 0.3 is 6.18 Å². The predicted octanol–water partition coefficient (Wildman–Crippen LogP) is 4.35. The lowest BCUT2D eigenvalue weighted by Gasteiger charge is -2.26. The number of benzene rings is 2. The van der Waals surface area contributed by atoms with Crippen molar-refractivity contribution in [3.8, 4) is 0 Å². The maximum atomic E-state index is 12.9. The third-order valence-electron chi connectivity index (χ3n) is 4.04. The van der Waals surface area contributed by atoms with Crippen LogP contribution in [-0.2, 0) is 22.8 Å². The molecule has 0 saturated heterocycles. The maximum absolute atomic E-state index is 12.9. The summed E-state index contributed by atoms with van der Waals surface area (Å²) in [5.41, 5.74) is 6.25. The van der Waals surface area contributed by atoms with E-state index >= 15 is 0 Å². The lowest BCUT2D eigenvalue weighted by molar-refractivity contribution is -0.137. The van der Waals surface area contributed by atoms with Crippen molar-refractivity contribution >= 4 is 24.0 Å². The number of hydrogen-bond donors (Lipinski definition) is 2. The molecule has 2 aromatic rings. The third-order valence-corrected chi connectivity index (χ3v) is 4.04. The van der Waals surface area contributed by atoms with Gasteiger partial charge in [-0.25, -0.2) is 0 Å². The minimum Gasteiger partial charge on any atom is -0.399 e. The van der Waals surface area contributed by atoms with Crippen LogP contribution < -0.4 is 11.1 Å². The Morgan fingerprint density at radius 3 is 2.19 bits per heavy atom. The van der Waals surface area contributed by atoms with Crippen LogP contribution in [0, 0.1) is 0 Å². The first kappa shape index (κ1) is 21.8. The largest absolute Gasteiger partial charge is 0.416 e. The molecule has 0 atom stereocenters. The Balaban J connectivity index is 0.00000338. The van der Waals surface area contributed by atoms with E-state index in [9.17, 15) is 18.0 Å². The van der Waals surface area contributed by atoms with Crippen molar-refractivity contribution in [2.75, 3.05) is 12.3 Å². The first-order chi connectivity index (χ1) is 11.6. The highest BCUT2D eigenvalue weighted by Gasteiger charge is 2.32. The third kappa shape index (κ3) is 5.95. The molecule has 0 radical (unpaired) electrons. The molecule has 0 fully saturated rings. The first-order valence-electron chi connectivity index (χ1n) is 7.87. The van der Waals surface area contributed by atoms with E-state index in [0.717, 1.165) is 17.7 Å². The molecule has 7 heteroatoms. The summed E-state index contributed by atoms with van der Waals surface area (Å²) in [5, 5.41) is 2.79. The molecule has 3 nitrogen and oxygen atoms in total. The van der Waals surface area contributed by atoms with Crippen LogP contribution in [0.4, 0.5) is 18.9 Å². The van der Waals surface area contributed by atoms with E-state index in [2.05, 4.69) is 5.32 Å². The van der Waals surface area contributed by atoms with Crippen LogP contribution in [0.2, 0.25) is 0 Å². The van der Waals surface area contributed by atoms with E-state index in [-0.39, 0.29) is 31.3 Å². The van der Waals surface area contributed by atoms with Crippen LogP contribution in [0.1, 0.15) is 30.5 Å². The number of hydrogen-bond acceptors (Lipinski definition) is 2. The van der Waals surface area contributed by atoms with Crippen molar-refractivity contribution in [3.05, 3.63) is 65.2 Å². The second-order valence-corrected chi connectivity index (χ2v) is 6.66. The smallest absolute Gasteiger partial charge is 0.399 e. The molecule has 0 bridgehead atoms. The number of halogens is 4. The number of nitrogens with one attached hydrogen (secondary N) is 1. The minimum atomic E-state index is -4.38. The zero-order valence-electron chi connectivity index (χ0n) is 14.6. The monoisotopic (exact) mass is 386 g/mol. The van der Waals surface area contributed by atoms with Crippen LogP contribution in [0.25, 0.3) is 0 Å². The summed E-state index contributed by atoms with van der Waals surface area (Å²) < 4.78 is 38.6. The number of nitrogen functional groups attached to an aromatic ring is 1. The summed E-state index contributed by atoms with van der Waals surface area (Å²) in [6, 6.07) is 12.2. The fourth-order valence-electron chi connectivity index (χ4n) is 2.42. The minimum absolute atomic E-state index is 0. The molecule has 0 spiro atoms. The lowest BCUT2D eigenvalue weighted by atomic mass is 9.83. The molecule has 26 heavy (non-hydrogen) atoms. The molecule has 0 saturated carbocycles. The van der Waals surface area contributed by atoms with Crippen molar-refractivity contribution in [3.63, 3.8) is 0 Å². The Hall–Kier alpha value is -2.21. The number of nitrogens with two attached hydrogens (primary N) is 1. The van der Waals surface area contributed by atoms with Crippen LogP contribution in [0.3, 0.4) is 0 Å². The van der Waals surface area contributed by atoms with Gasteiger partial charge in [0.05, 0.1) is 12.0 Å². The predicted molar refractivity (Wildman–Crippen MR) is 99.3 cm³/mol. The van der Waals surface area contributed by atoms with Crippen molar-refractivity contribution in [2.45, 2.75) is 31.9 Å². The van der Waals surface area contributed by atoms with E-state index in [4.69, 9.17) is 5.73 Å². The van der Waals surface area contributed by atoms with Gasteiger partial charge in [0.2, 0.25) is 5.91 Å². The van der Waals surface area contributed by atoms with E-state index < -0.39 is 17.2 Å². The van der Waals surface area contributed by atoms with Gasteiger partial charge in [0.25, 0.3) is 0 Å². The van der Waals surface area contributed by atoms with Gasteiger partial charge in [-0.2, -0.15) is 13.2 Å². The standard InChI is InChI=1S/C19H21F3N2O.ClH/c1-18(2,14-4-3-5-15(11-14)19(20,21)22)12-24-17(25)10-13-6-8-16(23)9-7-13;/h3-9,11H,10,12,23H2,1-2H3,(H,24,25);1H. The van der Waals surface area contributed by atoms with Crippen LogP contribution >= 0.6 is 12.4 Å². The van der Waals surface area contributed by atoms with Gasteiger partial charge in [0, 0.05) is 17.6 Å². The summed E-state index contributed by atoms with van der Waals surface area (Å²) >= 11 is 0. The number of amides is 1. The highest BCUT2D eigenvalue weighted by molar-refractivity contribution is 5.85. The molecule has 0 aliphatic heterocycles. The number of carbonyl (C=O) groups is 1. The Labute approximate surface area is 157 Å². The number of carbonyl (C=O) groups excluding carboxylic acids is 1. The zero-order valence-corrected chi connectivity index (χ0v) is 15.4. The second kappa shape index (κ2) is 8.45. The maximum Gasteiger partial charge on any atom is 0.416 e. The average molecular weight is 387 g/mol. The normalized spacial score (nSPS) is 11.6. The lowest BCUT2D eigenvalue weighted by Crippen LogP contribution is -2.37. The molecule has 0 aliphatic carbocycles. The number of rotatable bonds is 5. The SMILES string of the molecule is CC(C)(CNC(=O)Cc1ccc(N)cc1)c1cccc(C(F)(F)F)c1.Cl. The van der Waals surface area contributed by atoms with Crippen molar-refractivity contribution in [1.82, 2.24) is 5.32 Å². The van der Waals surface area contributed by atoms with Crippen LogP contribution in [0.5, 0.6) is 0 Å². The molecule has 0 aromatic heterocycles. The molecular weight excluding hydrogens is 365 g/mol. The van der Waals surface area contributed by atoms with Gasteiger partial charge in [-0.15, -0.1) is 12.4 Å². The van der Waals surface area contributed by atoms with Gasteiger partial charge in [0.1, 0.15) is 0 Å². The Morgan fingerprint density at radius 2 is 1.62 bits per heavy atom. The van der Waals surface area contributed by atoms with Crippen LogP contribution in [0.15, 0.2) is 48.5 Å². The van der Waals surface area contributed by atoms with Crippen molar-refractivity contribution in [2.24, 2.45) is 0 Å². The summed E-state index contributed by atoms with van der Waals surface area (Å²) in [6.07, 6.45) is -4.19. The summed E-state index contributed by atoms with van der Waals surface area (Å²) in [6.45, 7) is 3.83. The molecule has 142 valence electrons. The summed E-state index contributed by atoms with van der Waals surface area (Å²) in [4.78, 5) is 12.1. The molecular formula is C19H22ClF3N2O. The summed E-state index contributed by atoms with van der Waals surface area (Å²) in [5.74, 6) is -0.190. The molecule has 2 rings (SSSR count). The molecule has 1 amide bonds. The second-order valence-electron chi connectivity index (χ2n) is 6.66. The van der Waals surface area contributed by atoms with Gasteiger partial charge < -0.3 is 11.1 Å². The highest BCUT2D eigenvalue weighted by Crippen LogP contribution is 2.32. The fraction of sp³-hybridized carbons (Fsp3) is 0.316. The highest BCUT2D eigenvalue weighted by atomic mass is 35.5. The van der Waals surface area contributed by atoms with E-state index in [0.29, 0.717) is 11.3 Å².